The first-order chi connectivity index (χ1) is 18.2. The van der Waals surface area contributed by atoms with Crippen molar-refractivity contribution in [3.63, 3.8) is 0 Å². The Kier molecular flexibility index (Phi) is 9.26. The minimum absolute atomic E-state index is 0.0334. The molecule has 1 aliphatic carbocycles. The zero-order valence-corrected chi connectivity index (χ0v) is 22.0. The van der Waals surface area contributed by atoms with Gasteiger partial charge in [0, 0.05) is 35.5 Å². The number of carbonyl (C=O) groups is 1. The number of hydrogen-bond acceptors (Lipinski definition) is 5. The molecule has 6 nitrogen and oxygen atoms in total. The first-order valence-corrected chi connectivity index (χ1v) is 14.1. The minimum Gasteiger partial charge on any atom is -0.294 e. The molecule has 2 atom stereocenters. The SMILES string of the molecule is C=C1C(c2ccccc2)=[N+](C2CCCCC2)CC(C(=O)c2ccccc2)C1c1ccccc1.[O-][Cl+3]([O-])([O-])[O-]. The standard InChI is InChI=1S/C31H32NO.ClHO4/c1-23-29(24-14-6-2-7-15-24)28(31(33)26-18-10-4-11-19-26)22-32(27-20-12-5-13-21-27)30(23)25-16-8-3-9-17-25;2-1(3,4)5/h2-4,6-11,14-19,27-29H,1,5,12-13,20-22H2;(H,2,3,4,5)/q+1;/p-1. The number of ketones is 1. The van der Waals surface area contributed by atoms with E-state index in [4.69, 9.17) is 18.6 Å². The molecule has 2 aliphatic rings. The third kappa shape index (κ3) is 7.04. The zero-order chi connectivity index (χ0) is 27.1. The molecular weight excluding hydrogens is 502 g/mol. The van der Waals surface area contributed by atoms with Gasteiger partial charge in [0.1, 0.15) is 0 Å². The average molecular weight is 534 g/mol. The second kappa shape index (κ2) is 12.6. The van der Waals surface area contributed by atoms with Crippen LogP contribution in [0.3, 0.4) is 0 Å². The molecular formula is C31H32ClNO5. The number of carbonyl (C=O) groups excluding carboxylic acids is 1. The molecule has 0 N–H and O–H groups in total. The van der Waals surface area contributed by atoms with Crippen LogP contribution in [0.15, 0.2) is 103 Å². The van der Waals surface area contributed by atoms with Crippen molar-refractivity contribution in [1.29, 1.82) is 0 Å². The fraction of sp³-hybridized carbons (Fsp3) is 0.290. The van der Waals surface area contributed by atoms with Crippen molar-refractivity contribution in [3.05, 3.63) is 120 Å². The topological polar surface area (TPSA) is 112 Å². The lowest BCUT2D eigenvalue weighted by atomic mass is 9.72. The van der Waals surface area contributed by atoms with Gasteiger partial charge in [0.25, 0.3) is 0 Å². The molecule has 2 unspecified atom stereocenters. The molecule has 0 amide bonds. The molecule has 7 heteroatoms. The lowest BCUT2D eigenvalue weighted by molar-refractivity contribution is -2.00. The van der Waals surface area contributed by atoms with Crippen molar-refractivity contribution in [2.24, 2.45) is 5.92 Å². The molecule has 38 heavy (non-hydrogen) atoms. The summed E-state index contributed by atoms with van der Waals surface area (Å²) in [5.74, 6) is 0.0316. The molecule has 1 fully saturated rings. The van der Waals surface area contributed by atoms with E-state index in [1.54, 1.807) is 0 Å². The molecule has 0 saturated heterocycles. The average Bonchev–Trinajstić information content (AvgIpc) is 2.93. The van der Waals surface area contributed by atoms with E-state index in [0.717, 1.165) is 17.7 Å². The molecule has 0 radical (unpaired) electrons. The summed E-state index contributed by atoms with van der Waals surface area (Å²) in [5.41, 5.74) is 5.48. The number of allylic oxidation sites excluding steroid dienone is 1. The third-order valence-corrected chi connectivity index (χ3v) is 7.38. The van der Waals surface area contributed by atoms with Crippen LogP contribution in [0.5, 0.6) is 0 Å². The second-order valence-electron chi connectivity index (χ2n) is 9.79. The summed E-state index contributed by atoms with van der Waals surface area (Å²) >= 11 is 0. The van der Waals surface area contributed by atoms with Crippen LogP contribution in [0, 0.1) is 16.2 Å². The monoisotopic (exact) mass is 533 g/mol. The van der Waals surface area contributed by atoms with Crippen LogP contribution in [0.1, 0.15) is 59.5 Å². The van der Waals surface area contributed by atoms with E-state index in [2.05, 4.69) is 65.8 Å². The molecule has 3 aromatic rings. The quantitative estimate of drug-likeness (QED) is 0.367. The summed E-state index contributed by atoms with van der Waals surface area (Å²) in [6, 6.07) is 31.4. The van der Waals surface area contributed by atoms with Gasteiger partial charge in [-0.05, 0) is 30.5 Å². The molecule has 1 saturated carbocycles. The highest BCUT2D eigenvalue weighted by Crippen LogP contribution is 2.40. The third-order valence-electron chi connectivity index (χ3n) is 7.38. The summed E-state index contributed by atoms with van der Waals surface area (Å²) in [6.07, 6.45) is 6.20. The number of hydrogen-bond donors (Lipinski definition) is 0. The highest BCUT2D eigenvalue weighted by molar-refractivity contribution is 6.12. The molecule has 5 rings (SSSR count). The van der Waals surface area contributed by atoms with Gasteiger partial charge in [-0.1, -0.05) is 91.9 Å². The minimum atomic E-state index is -4.94. The van der Waals surface area contributed by atoms with E-state index < -0.39 is 10.2 Å². The Morgan fingerprint density at radius 2 is 1.26 bits per heavy atom. The molecule has 0 aromatic heterocycles. The molecule has 0 spiro atoms. The van der Waals surface area contributed by atoms with Crippen LogP contribution in [0.25, 0.3) is 0 Å². The van der Waals surface area contributed by atoms with Gasteiger partial charge in [-0.2, -0.15) is 0 Å². The van der Waals surface area contributed by atoms with Gasteiger partial charge < -0.3 is 0 Å². The second-order valence-corrected chi connectivity index (χ2v) is 10.5. The highest BCUT2D eigenvalue weighted by Gasteiger charge is 2.45. The summed E-state index contributed by atoms with van der Waals surface area (Å²) in [5, 5.41) is 0. The van der Waals surface area contributed by atoms with Gasteiger partial charge in [0.2, 0.25) is 5.71 Å². The molecule has 1 aliphatic heterocycles. The van der Waals surface area contributed by atoms with Gasteiger partial charge in [-0.15, -0.1) is 10.2 Å². The number of halogens is 1. The van der Waals surface area contributed by atoms with Crippen molar-refractivity contribution in [2.45, 2.75) is 44.1 Å². The fourth-order valence-corrected chi connectivity index (χ4v) is 5.80. The van der Waals surface area contributed by atoms with Crippen LogP contribution in [-0.4, -0.2) is 28.7 Å². The van der Waals surface area contributed by atoms with Gasteiger partial charge in [0.05, 0.1) is 5.92 Å². The first-order valence-electron chi connectivity index (χ1n) is 12.9. The Hall–Kier alpha value is -3.13. The number of Topliss-reactive ketones (excluding diaryl/α,β-unsaturated/α-hetero) is 1. The number of nitrogens with zero attached hydrogens (tertiary/aromatic N) is 1. The van der Waals surface area contributed by atoms with Crippen LogP contribution >= 0.6 is 0 Å². The molecule has 3 aromatic carbocycles. The van der Waals surface area contributed by atoms with Gasteiger partial charge >= 0.3 is 0 Å². The first kappa shape index (κ1) is 27.9. The predicted octanol–water partition coefficient (Wildman–Crippen LogP) is 1.92. The maximum Gasteiger partial charge on any atom is 0.210 e. The lowest BCUT2D eigenvalue weighted by Gasteiger charge is -2.35. The van der Waals surface area contributed by atoms with Crippen molar-refractivity contribution in [1.82, 2.24) is 0 Å². The Morgan fingerprint density at radius 3 is 1.82 bits per heavy atom. The van der Waals surface area contributed by atoms with E-state index in [1.807, 2.05) is 36.4 Å². The van der Waals surface area contributed by atoms with E-state index in [1.165, 1.54) is 48.9 Å². The summed E-state index contributed by atoms with van der Waals surface area (Å²) in [4.78, 5) is 13.9. The van der Waals surface area contributed by atoms with E-state index in [-0.39, 0.29) is 17.6 Å². The summed E-state index contributed by atoms with van der Waals surface area (Å²) in [6.45, 7) is 5.41. The number of rotatable bonds is 5. The van der Waals surface area contributed by atoms with E-state index >= 15 is 0 Å². The molecule has 198 valence electrons. The van der Waals surface area contributed by atoms with Crippen LogP contribution in [0.4, 0.5) is 0 Å². The molecule has 1 heterocycles. The van der Waals surface area contributed by atoms with Crippen molar-refractivity contribution < 1.29 is 38.2 Å². The van der Waals surface area contributed by atoms with Gasteiger partial charge in [-0.25, -0.2) is 23.2 Å². The smallest absolute Gasteiger partial charge is 0.210 e. The fourth-order valence-electron chi connectivity index (χ4n) is 5.80. The largest absolute Gasteiger partial charge is 0.294 e. The Morgan fingerprint density at radius 1 is 0.763 bits per heavy atom. The van der Waals surface area contributed by atoms with Crippen molar-refractivity contribution >= 4 is 11.5 Å². The maximum absolute atomic E-state index is 13.9. The lowest BCUT2D eigenvalue weighted by Crippen LogP contribution is -2.68. The van der Waals surface area contributed by atoms with E-state index in [9.17, 15) is 4.79 Å². The predicted molar refractivity (Wildman–Crippen MR) is 135 cm³/mol. The number of benzene rings is 3. The van der Waals surface area contributed by atoms with Crippen molar-refractivity contribution in [2.75, 3.05) is 6.54 Å². The van der Waals surface area contributed by atoms with Crippen LogP contribution in [0.2, 0.25) is 0 Å². The molecule has 0 bridgehead atoms. The Labute approximate surface area is 225 Å². The maximum atomic E-state index is 13.9. The van der Waals surface area contributed by atoms with E-state index in [0.29, 0.717) is 6.04 Å². The Bertz CT molecular complexity index is 1240. The van der Waals surface area contributed by atoms with Gasteiger partial charge in [-0.3, -0.25) is 4.79 Å². The zero-order valence-electron chi connectivity index (χ0n) is 21.2. The van der Waals surface area contributed by atoms with Crippen molar-refractivity contribution in [3.8, 4) is 0 Å². The highest BCUT2D eigenvalue weighted by atomic mass is 35.7. The van der Waals surface area contributed by atoms with Crippen LogP contribution < -0.4 is 18.6 Å². The van der Waals surface area contributed by atoms with Crippen LogP contribution in [-0.2, 0) is 0 Å². The normalized spacial score (nSPS) is 20.5. The summed E-state index contributed by atoms with van der Waals surface area (Å²) < 4.78 is 36.5. The van der Waals surface area contributed by atoms with Gasteiger partial charge in [0.15, 0.2) is 18.4 Å². The Balaban J connectivity index is 0.000000617. The summed E-state index contributed by atoms with van der Waals surface area (Å²) in [7, 11) is -4.94.